The zero-order valence-corrected chi connectivity index (χ0v) is 13.7. The van der Waals surface area contributed by atoms with Crippen molar-refractivity contribution in [3.05, 3.63) is 52.1 Å². The Morgan fingerprint density at radius 1 is 1.38 bits per heavy atom. The summed E-state index contributed by atoms with van der Waals surface area (Å²) in [6.07, 6.45) is 1.30. The van der Waals surface area contributed by atoms with Crippen molar-refractivity contribution in [3.8, 4) is 0 Å². The van der Waals surface area contributed by atoms with Gasteiger partial charge in [0.2, 0.25) is 0 Å². The van der Waals surface area contributed by atoms with Gasteiger partial charge in [0.25, 0.3) is 5.91 Å². The maximum atomic E-state index is 12.1. The smallest absolute Gasteiger partial charge is 0.326 e. The van der Waals surface area contributed by atoms with Crippen LogP contribution in [-0.4, -0.2) is 23.5 Å². The van der Waals surface area contributed by atoms with Crippen LogP contribution in [0.4, 0.5) is 15.7 Å². The molecule has 1 amide bonds. The molecule has 0 bridgehead atoms. The Kier molecular flexibility index (Phi) is 5.07. The van der Waals surface area contributed by atoms with E-state index in [1.54, 1.807) is 6.07 Å². The average Bonchev–Trinajstić information content (AvgIpc) is 3.25. The fourth-order valence-corrected chi connectivity index (χ4v) is 3.19. The summed E-state index contributed by atoms with van der Waals surface area (Å²) in [6.45, 7) is 1.15. The Labute approximate surface area is 142 Å². The van der Waals surface area contributed by atoms with Crippen molar-refractivity contribution in [2.24, 2.45) is 0 Å². The number of benzene rings is 1. The Morgan fingerprint density at radius 2 is 2.25 bits per heavy atom. The molecule has 1 aromatic heterocycles. The predicted octanol–water partition coefficient (Wildman–Crippen LogP) is 3.39. The SMILES string of the molecule is O=C(Nc1cccc(CNc2ccc([N+](=O)[O-])s2)c1)[C@@H]1CCCO1. The van der Waals surface area contributed by atoms with Gasteiger partial charge >= 0.3 is 5.00 Å². The molecular formula is C16H17N3O4S. The molecule has 1 aromatic carbocycles. The number of nitrogens with zero attached hydrogens (tertiary/aromatic N) is 1. The Bertz CT molecular complexity index is 740. The molecule has 24 heavy (non-hydrogen) atoms. The van der Waals surface area contributed by atoms with Gasteiger partial charge in [-0.1, -0.05) is 12.1 Å². The average molecular weight is 347 g/mol. The Balaban J connectivity index is 1.58. The minimum absolute atomic E-state index is 0.107. The number of thiophene rings is 1. The third-order valence-corrected chi connectivity index (χ3v) is 4.65. The number of ether oxygens (including phenoxy) is 1. The van der Waals surface area contributed by atoms with Crippen LogP contribution in [0.15, 0.2) is 36.4 Å². The first-order valence-electron chi connectivity index (χ1n) is 7.61. The lowest BCUT2D eigenvalue weighted by Gasteiger charge is -2.11. The molecule has 7 nitrogen and oxygen atoms in total. The maximum absolute atomic E-state index is 12.1. The first kappa shape index (κ1) is 16.4. The highest BCUT2D eigenvalue weighted by Gasteiger charge is 2.23. The van der Waals surface area contributed by atoms with Crippen LogP contribution < -0.4 is 10.6 Å². The molecular weight excluding hydrogens is 330 g/mol. The number of hydrogen-bond acceptors (Lipinski definition) is 6. The van der Waals surface area contributed by atoms with Gasteiger partial charge in [-0.3, -0.25) is 14.9 Å². The number of carbonyl (C=O) groups excluding carboxylic acids is 1. The monoisotopic (exact) mass is 347 g/mol. The van der Waals surface area contributed by atoms with E-state index in [4.69, 9.17) is 4.74 Å². The minimum atomic E-state index is -0.406. The van der Waals surface area contributed by atoms with Gasteiger partial charge < -0.3 is 15.4 Å². The molecule has 0 spiro atoms. The van der Waals surface area contributed by atoms with E-state index < -0.39 is 4.92 Å². The van der Waals surface area contributed by atoms with E-state index in [2.05, 4.69) is 10.6 Å². The van der Waals surface area contributed by atoms with Crippen LogP contribution in [-0.2, 0) is 16.1 Å². The molecule has 0 aliphatic carbocycles. The molecule has 1 fully saturated rings. The van der Waals surface area contributed by atoms with E-state index in [9.17, 15) is 14.9 Å². The standard InChI is InChI=1S/C16H17N3O4S/c20-16(13-5-2-8-23-13)18-12-4-1-3-11(9-12)10-17-14-6-7-15(24-14)19(21)22/h1,3-4,6-7,9,13,17H,2,5,8,10H2,(H,18,20)/t13-/m0/s1. The normalized spacial score (nSPS) is 16.8. The number of rotatable bonds is 6. The highest BCUT2D eigenvalue weighted by atomic mass is 32.1. The summed E-state index contributed by atoms with van der Waals surface area (Å²) in [5.41, 5.74) is 1.68. The highest BCUT2D eigenvalue weighted by Crippen LogP contribution is 2.28. The summed E-state index contributed by atoms with van der Waals surface area (Å²) in [5, 5.41) is 17.5. The summed E-state index contributed by atoms with van der Waals surface area (Å²) in [5.74, 6) is -0.119. The van der Waals surface area contributed by atoms with Crippen molar-refractivity contribution in [2.45, 2.75) is 25.5 Å². The van der Waals surface area contributed by atoms with Gasteiger partial charge in [0.1, 0.15) is 6.10 Å². The van der Waals surface area contributed by atoms with Gasteiger partial charge in [-0.2, -0.15) is 0 Å². The van der Waals surface area contributed by atoms with Crippen LogP contribution in [0.25, 0.3) is 0 Å². The van der Waals surface area contributed by atoms with Gasteiger partial charge in [-0.05, 0) is 47.9 Å². The maximum Gasteiger partial charge on any atom is 0.326 e. The van der Waals surface area contributed by atoms with Crippen LogP contribution in [0, 0.1) is 10.1 Å². The molecule has 1 atom stereocenters. The quantitative estimate of drug-likeness (QED) is 0.617. The van der Waals surface area contributed by atoms with Crippen molar-refractivity contribution in [1.82, 2.24) is 0 Å². The number of nitro groups is 1. The number of nitrogens with one attached hydrogen (secondary N) is 2. The highest BCUT2D eigenvalue weighted by molar-refractivity contribution is 7.19. The summed E-state index contributed by atoms with van der Waals surface area (Å²) in [6, 6.07) is 10.7. The zero-order chi connectivity index (χ0) is 16.9. The fraction of sp³-hybridized carbons (Fsp3) is 0.312. The third kappa shape index (κ3) is 4.09. The summed E-state index contributed by atoms with van der Waals surface area (Å²) in [7, 11) is 0. The van der Waals surface area contributed by atoms with Crippen LogP contribution in [0.3, 0.4) is 0 Å². The Hall–Kier alpha value is -2.45. The molecule has 0 radical (unpaired) electrons. The lowest BCUT2D eigenvalue weighted by molar-refractivity contribution is -0.380. The van der Waals surface area contributed by atoms with Crippen molar-refractivity contribution >= 4 is 32.9 Å². The van der Waals surface area contributed by atoms with Crippen LogP contribution in [0.1, 0.15) is 18.4 Å². The molecule has 1 aliphatic rings. The van der Waals surface area contributed by atoms with Crippen molar-refractivity contribution in [1.29, 1.82) is 0 Å². The number of carbonyl (C=O) groups is 1. The molecule has 3 rings (SSSR count). The van der Waals surface area contributed by atoms with E-state index in [1.165, 1.54) is 6.07 Å². The van der Waals surface area contributed by atoms with Gasteiger partial charge in [-0.15, -0.1) is 0 Å². The molecule has 2 N–H and O–H groups in total. The van der Waals surface area contributed by atoms with E-state index in [1.807, 2.05) is 24.3 Å². The summed E-state index contributed by atoms with van der Waals surface area (Å²) < 4.78 is 5.37. The number of hydrogen-bond donors (Lipinski definition) is 2. The molecule has 0 saturated carbocycles. The van der Waals surface area contributed by atoms with Crippen molar-refractivity contribution in [2.75, 3.05) is 17.2 Å². The molecule has 0 unspecified atom stereocenters. The lowest BCUT2D eigenvalue weighted by Crippen LogP contribution is -2.26. The first-order valence-corrected chi connectivity index (χ1v) is 8.43. The van der Waals surface area contributed by atoms with Crippen molar-refractivity contribution in [3.63, 3.8) is 0 Å². The topological polar surface area (TPSA) is 93.5 Å². The first-order chi connectivity index (χ1) is 11.6. The van der Waals surface area contributed by atoms with Gasteiger partial charge in [0, 0.05) is 24.9 Å². The van der Waals surface area contributed by atoms with Gasteiger partial charge in [0.05, 0.1) is 9.92 Å². The predicted molar refractivity (Wildman–Crippen MR) is 92.3 cm³/mol. The second-order valence-corrected chi connectivity index (χ2v) is 6.50. The molecule has 126 valence electrons. The van der Waals surface area contributed by atoms with E-state index >= 15 is 0 Å². The number of amides is 1. The second kappa shape index (κ2) is 7.41. The van der Waals surface area contributed by atoms with E-state index in [0.29, 0.717) is 18.8 Å². The van der Waals surface area contributed by atoms with Crippen molar-refractivity contribution < 1.29 is 14.5 Å². The summed E-state index contributed by atoms with van der Waals surface area (Å²) >= 11 is 1.10. The lowest BCUT2D eigenvalue weighted by atomic mass is 10.2. The Morgan fingerprint density at radius 3 is 2.96 bits per heavy atom. The number of anilines is 2. The van der Waals surface area contributed by atoms with Gasteiger partial charge in [0.15, 0.2) is 0 Å². The second-order valence-electron chi connectivity index (χ2n) is 5.44. The van der Waals surface area contributed by atoms with Crippen LogP contribution >= 0.6 is 11.3 Å². The van der Waals surface area contributed by atoms with Crippen LogP contribution in [0.5, 0.6) is 0 Å². The minimum Gasteiger partial charge on any atom is -0.373 e. The molecule has 8 heteroatoms. The largest absolute Gasteiger partial charge is 0.373 e. The molecule has 1 saturated heterocycles. The zero-order valence-electron chi connectivity index (χ0n) is 12.9. The van der Waals surface area contributed by atoms with E-state index in [0.717, 1.165) is 34.7 Å². The molecule has 2 heterocycles. The summed E-state index contributed by atoms with van der Waals surface area (Å²) in [4.78, 5) is 22.3. The van der Waals surface area contributed by atoms with E-state index in [-0.39, 0.29) is 17.0 Å². The fourth-order valence-electron chi connectivity index (χ4n) is 2.48. The van der Waals surface area contributed by atoms with Crippen LogP contribution in [0.2, 0.25) is 0 Å². The van der Waals surface area contributed by atoms with Gasteiger partial charge in [-0.25, -0.2) is 0 Å². The molecule has 1 aliphatic heterocycles. The third-order valence-electron chi connectivity index (χ3n) is 3.66. The molecule has 2 aromatic rings.